The number of hydrogen-bond donors (Lipinski definition) is 1. The van der Waals surface area contributed by atoms with Gasteiger partial charge in [-0.25, -0.2) is 8.42 Å². The Morgan fingerprint density at radius 2 is 1.84 bits per heavy atom. The predicted molar refractivity (Wildman–Crippen MR) is 80.7 cm³/mol. The lowest BCUT2D eigenvalue weighted by Crippen LogP contribution is -2.42. The lowest BCUT2D eigenvalue weighted by Gasteiger charge is -2.29. The van der Waals surface area contributed by atoms with Crippen LogP contribution in [0.1, 0.15) is 52.4 Å². The average molecular weight is 290 g/mol. The van der Waals surface area contributed by atoms with Crippen LogP contribution in [0.2, 0.25) is 0 Å². The quantitative estimate of drug-likeness (QED) is 0.662. The van der Waals surface area contributed by atoms with Gasteiger partial charge >= 0.3 is 0 Å². The van der Waals surface area contributed by atoms with Crippen molar-refractivity contribution >= 4 is 10.0 Å². The van der Waals surface area contributed by atoms with Gasteiger partial charge < -0.3 is 5.32 Å². The van der Waals surface area contributed by atoms with Gasteiger partial charge in [-0.2, -0.15) is 4.31 Å². The van der Waals surface area contributed by atoms with Gasteiger partial charge in [0, 0.05) is 12.6 Å². The number of sulfonamides is 1. The monoisotopic (exact) mass is 290 g/mol. The molecule has 1 aliphatic rings. The zero-order chi connectivity index (χ0) is 14.3. The molecule has 0 heterocycles. The summed E-state index contributed by atoms with van der Waals surface area (Å²) in [5.74, 6) is 0.699. The summed E-state index contributed by atoms with van der Waals surface area (Å²) < 4.78 is 26.9. The Kier molecular flexibility index (Phi) is 7.32. The first-order valence-electron chi connectivity index (χ1n) is 7.61. The van der Waals surface area contributed by atoms with E-state index < -0.39 is 10.0 Å². The Hall–Kier alpha value is -0.130. The van der Waals surface area contributed by atoms with Crippen LogP contribution in [0.25, 0.3) is 0 Å². The first-order chi connectivity index (χ1) is 8.97. The number of nitrogens with one attached hydrogen (secondary N) is 1. The van der Waals surface area contributed by atoms with Gasteiger partial charge in [0.25, 0.3) is 0 Å². The second kappa shape index (κ2) is 8.22. The van der Waals surface area contributed by atoms with Crippen LogP contribution in [0.4, 0.5) is 0 Å². The van der Waals surface area contributed by atoms with Crippen LogP contribution in [-0.2, 0) is 10.0 Å². The van der Waals surface area contributed by atoms with E-state index in [0.29, 0.717) is 18.2 Å². The van der Waals surface area contributed by atoms with Gasteiger partial charge in [0.1, 0.15) is 0 Å². The SMILES string of the molecule is CNCCCCS(=O)(=O)N(CC(C)C)C1CCCC1. The minimum atomic E-state index is -3.08. The molecule has 1 fully saturated rings. The standard InChI is InChI=1S/C14H30N2O2S/c1-13(2)12-16(14-8-4-5-9-14)19(17,18)11-7-6-10-15-3/h13-15H,4-12H2,1-3H3. The van der Waals surface area contributed by atoms with Gasteiger partial charge in [0.05, 0.1) is 5.75 Å². The molecule has 0 saturated heterocycles. The molecule has 0 aromatic rings. The molecule has 1 N–H and O–H groups in total. The highest BCUT2D eigenvalue weighted by Crippen LogP contribution is 2.27. The van der Waals surface area contributed by atoms with Gasteiger partial charge in [0.15, 0.2) is 0 Å². The van der Waals surface area contributed by atoms with Crippen LogP contribution in [-0.4, -0.2) is 44.7 Å². The molecule has 0 atom stereocenters. The summed E-state index contributed by atoms with van der Waals surface area (Å²) in [7, 11) is -1.17. The molecular weight excluding hydrogens is 260 g/mol. The van der Waals surface area contributed by atoms with E-state index in [9.17, 15) is 8.42 Å². The minimum absolute atomic E-state index is 0.261. The first-order valence-corrected chi connectivity index (χ1v) is 9.22. The van der Waals surface area contributed by atoms with Crippen molar-refractivity contribution in [3.8, 4) is 0 Å². The first kappa shape index (κ1) is 16.9. The lowest BCUT2D eigenvalue weighted by atomic mass is 10.2. The molecule has 19 heavy (non-hydrogen) atoms. The molecule has 0 bridgehead atoms. The van der Waals surface area contributed by atoms with E-state index >= 15 is 0 Å². The van der Waals surface area contributed by atoms with Crippen molar-refractivity contribution in [3.05, 3.63) is 0 Å². The van der Waals surface area contributed by atoms with Crippen molar-refractivity contribution in [2.75, 3.05) is 25.9 Å². The number of hydrogen-bond acceptors (Lipinski definition) is 3. The van der Waals surface area contributed by atoms with E-state index in [4.69, 9.17) is 0 Å². The van der Waals surface area contributed by atoms with Crippen molar-refractivity contribution in [3.63, 3.8) is 0 Å². The van der Waals surface area contributed by atoms with Crippen molar-refractivity contribution in [1.82, 2.24) is 9.62 Å². The summed E-state index contributed by atoms with van der Waals surface area (Å²) in [4.78, 5) is 0. The molecule has 0 spiro atoms. The van der Waals surface area contributed by atoms with Crippen molar-refractivity contribution in [2.45, 2.75) is 58.4 Å². The summed E-state index contributed by atoms with van der Waals surface area (Å²) in [6, 6.07) is 0.261. The Labute approximate surface area is 119 Å². The van der Waals surface area contributed by atoms with Gasteiger partial charge in [0.2, 0.25) is 10.0 Å². The second-order valence-corrected chi connectivity index (χ2v) is 8.07. The van der Waals surface area contributed by atoms with Gasteiger partial charge in [-0.1, -0.05) is 26.7 Å². The third-order valence-electron chi connectivity index (χ3n) is 3.71. The lowest BCUT2D eigenvalue weighted by molar-refractivity contribution is 0.292. The van der Waals surface area contributed by atoms with Crippen LogP contribution >= 0.6 is 0 Å². The maximum absolute atomic E-state index is 12.5. The minimum Gasteiger partial charge on any atom is -0.320 e. The van der Waals surface area contributed by atoms with E-state index in [0.717, 1.165) is 32.2 Å². The third-order valence-corrected chi connectivity index (χ3v) is 5.68. The van der Waals surface area contributed by atoms with Crippen LogP contribution in [0, 0.1) is 5.92 Å². The molecule has 1 aliphatic carbocycles. The molecule has 0 amide bonds. The Morgan fingerprint density at radius 3 is 2.37 bits per heavy atom. The highest BCUT2D eigenvalue weighted by molar-refractivity contribution is 7.89. The maximum Gasteiger partial charge on any atom is 0.214 e. The highest BCUT2D eigenvalue weighted by atomic mass is 32.2. The van der Waals surface area contributed by atoms with E-state index in [-0.39, 0.29) is 6.04 Å². The smallest absolute Gasteiger partial charge is 0.214 e. The number of nitrogens with zero attached hydrogens (tertiary/aromatic N) is 1. The third kappa shape index (κ3) is 5.79. The fourth-order valence-corrected chi connectivity index (χ4v) is 4.74. The highest BCUT2D eigenvalue weighted by Gasteiger charge is 2.31. The molecule has 1 saturated carbocycles. The van der Waals surface area contributed by atoms with Crippen LogP contribution in [0.15, 0.2) is 0 Å². The Bertz CT molecular complexity index is 335. The molecule has 114 valence electrons. The molecule has 4 nitrogen and oxygen atoms in total. The van der Waals surface area contributed by atoms with Gasteiger partial charge in [-0.3, -0.25) is 0 Å². The normalized spacial score (nSPS) is 17.7. The molecule has 1 rings (SSSR count). The van der Waals surface area contributed by atoms with E-state index in [1.165, 1.54) is 12.8 Å². The van der Waals surface area contributed by atoms with E-state index in [1.807, 2.05) is 11.4 Å². The maximum atomic E-state index is 12.5. The zero-order valence-electron chi connectivity index (χ0n) is 12.7. The fourth-order valence-electron chi connectivity index (χ4n) is 2.75. The van der Waals surface area contributed by atoms with Crippen molar-refractivity contribution < 1.29 is 8.42 Å². The number of rotatable bonds is 9. The summed E-state index contributed by atoms with van der Waals surface area (Å²) in [5, 5.41) is 3.06. The number of unbranched alkanes of at least 4 members (excludes halogenated alkanes) is 1. The molecule has 0 aromatic carbocycles. The largest absolute Gasteiger partial charge is 0.320 e. The second-order valence-electron chi connectivity index (χ2n) is 6.03. The van der Waals surface area contributed by atoms with Crippen LogP contribution in [0.3, 0.4) is 0 Å². The van der Waals surface area contributed by atoms with E-state index in [1.54, 1.807) is 0 Å². The fraction of sp³-hybridized carbons (Fsp3) is 1.00. The van der Waals surface area contributed by atoms with Gasteiger partial charge in [-0.15, -0.1) is 0 Å². The van der Waals surface area contributed by atoms with Crippen LogP contribution < -0.4 is 5.32 Å². The summed E-state index contributed by atoms with van der Waals surface area (Å²) in [6.07, 6.45) is 6.12. The van der Waals surface area contributed by atoms with Crippen molar-refractivity contribution in [1.29, 1.82) is 0 Å². The van der Waals surface area contributed by atoms with E-state index in [2.05, 4.69) is 19.2 Å². The van der Waals surface area contributed by atoms with Crippen LogP contribution in [0.5, 0.6) is 0 Å². The van der Waals surface area contributed by atoms with Gasteiger partial charge in [-0.05, 0) is 45.2 Å². The Morgan fingerprint density at radius 1 is 1.21 bits per heavy atom. The Balaban J connectivity index is 2.60. The topological polar surface area (TPSA) is 49.4 Å². The average Bonchev–Trinajstić information content (AvgIpc) is 2.85. The molecule has 0 radical (unpaired) electrons. The predicted octanol–water partition coefficient (Wildman–Crippen LogP) is 2.22. The molecule has 0 aliphatic heterocycles. The van der Waals surface area contributed by atoms with Crippen molar-refractivity contribution in [2.24, 2.45) is 5.92 Å². The molecule has 0 unspecified atom stereocenters. The zero-order valence-corrected chi connectivity index (χ0v) is 13.5. The molecule has 5 heteroatoms. The summed E-state index contributed by atoms with van der Waals surface area (Å²) in [6.45, 7) is 5.76. The summed E-state index contributed by atoms with van der Waals surface area (Å²) in [5.41, 5.74) is 0. The molecular formula is C14H30N2O2S. The molecule has 0 aromatic heterocycles. The summed E-state index contributed by atoms with van der Waals surface area (Å²) >= 11 is 0.